The number of hydrogen-bond donors (Lipinski definition) is 0. The van der Waals surface area contributed by atoms with Gasteiger partial charge in [0, 0.05) is 5.56 Å². The summed E-state index contributed by atoms with van der Waals surface area (Å²) in [6.45, 7) is 2.05. The number of aryl methyl sites for hydroxylation is 1. The molecule has 0 saturated carbocycles. The summed E-state index contributed by atoms with van der Waals surface area (Å²) in [4.78, 5) is 0. The second-order valence-electron chi connectivity index (χ2n) is 3.47. The zero-order valence-corrected chi connectivity index (χ0v) is 10.5. The summed E-state index contributed by atoms with van der Waals surface area (Å²) in [5, 5.41) is 0. The van der Waals surface area contributed by atoms with E-state index in [2.05, 4.69) is 0 Å². The summed E-state index contributed by atoms with van der Waals surface area (Å²) in [6.07, 6.45) is 1.93. The molecular formula is C11H16O4S. The van der Waals surface area contributed by atoms with E-state index in [1.165, 1.54) is 0 Å². The Bertz CT molecular complexity index is 451. The lowest BCUT2D eigenvalue weighted by atomic mass is 10.1. The van der Waals surface area contributed by atoms with E-state index >= 15 is 0 Å². The minimum Gasteiger partial charge on any atom is -0.496 e. The van der Waals surface area contributed by atoms with Crippen molar-refractivity contribution in [3.63, 3.8) is 0 Å². The lowest BCUT2D eigenvalue weighted by Gasteiger charge is -2.09. The van der Waals surface area contributed by atoms with E-state index in [9.17, 15) is 8.42 Å². The molecule has 0 fully saturated rings. The lowest BCUT2D eigenvalue weighted by Crippen LogP contribution is -2.04. The molecule has 1 rings (SSSR count). The molecule has 0 aromatic heterocycles. The number of hydrogen-bond acceptors (Lipinski definition) is 4. The molecule has 0 spiro atoms. The first-order chi connectivity index (χ1) is 7.46. The van der Waals surface area contributed by atoms with Crippen molar-refractivity contribution in [2.45, 2.75) is 20.0 Å². The quantitative estimate of drug-likeness (QED) is 0.740. The summed E-state index contributed by atoms with van der Waals surface area (Å²) in [5.74, 6) is 0.656. The maximum atomic E-state index is 10.9. The SMILES string of the molecule is CCc1ccc(COS(C)(=O)=O)c(OC)c1. The lowest BCUT2D eigenvalue weighted by molar-refractivity contribution is 0.302. The molecule has 0 amide bonds. The van der Waals surface area contributed by atoms with Gasteiger partial charge in [-0.25, -0.2) is 0 Å². The fourth-order valence-electron chi connectivity index (χ4n) is 1.30. The molecular weight excluding hydrogens is 228 g/mol. The van der Waals surface area contributed by atoms with Crippen LogP contribution in [0.2, 0.25) is 0 Å². The average molecular weight is 244 g/mol. The highest BCUT2D eigenvalue weighted by atomic mass is 32.2. The second kappa shape index (κ2) is 5.32. The highest BCUT2D eigenvalue weighted by Crippen LogP contribution is 2.21. The Labute approximate surface area is 96.3 Å². The van der Waals surface area contributed by atoms with Gasteiger partial charge in [0.2, 0.25) is 0 Å². The molecule has 0 aliphatic carbocycles. The largest absolute Gasteiger partial charge is 0.496 e. The van der Waals surface area contributed by atoms with Crippen molar-refractivity contribution in [1.29, 1.82) is 0 Å². The molecule has 1 aromatic carbocycles. The van der Waals surface area contributed by atoms with Crippen LogP contribution in [-0.4, -0.2) is 21.8 Å². The van der Waals surface area contributed by atoms with Crippen LogP contribution >= 0.6 is 0 Å². The number of rotatable bonds is 5. The van der Waals surface area contributed by atoms with Gasteiger partial charge in [-0.1, -0.05) is 19.1 Å². The molecule has 0 N–H and O–H groups in total. The molecule has 16 heavy (non-hydrogen) atoms. The van der Waals surface area contributed by atoms with E-state index in [1.807, 2.05) is 25.1 Å². The molecule has 0 heterocycles. The van der Waals surface area contributed by atoms with Crippen LogP contribution in [-0.2, 0) is 27.3 Å². The Morgan fingerprint density at radius 2 is 2.00 bits per heavy atom. The molecule has 0 bridgehead atoms. The van der Waals surface area contributed by atoms with E-state index in [1.54, 1.807) is 7.11 Å². The van der Waals surface area contributed by atoms with Gasteiger partial charge in [-0.05, 0) is 18.1 Å². The zero-order chi connectivity index (χ0) is 12.2. The molecule has 0 aliphatic heterocycles. The average Bonchev–Trinajstić information content (AvgIpc) is 2.25. The predicted octanol–water partition coefficient (Wildman–Crippen LogP) is 1.73. The van der Waals surface area contributed by atoms with E-state index in [-0.39, 0.29) is 6.61 Å². The summed E-state index contributed by atoms with van der Waals surface area (Å²) >= 11 is 0. The maximum Gasteiger partial charge on any atom is 0.264 e. The molecule has 0 aliphatic rings. The molecule has 5 heteroatoms. The van der Waals surface area contributed by atoms with Crippen LogP contribution in [0.25, 0.3) is 0 Å². The number of methoxy groups -OCH3 is 1. The van der Waals surface area contributed by atoms with Crippen molar-refractivity contribution in [2.24, 2.45) is 0 Å². The van der Waals surface area contributed by atoms with Gasteiger partial charge in [-0.3, -0.25) is 4.18 Å². The predicted molar refractivity (Wildman–Crippen MR) is 62.0 cm³/mol. The van der Waals surface area contributed by atoms with Gasteiger partial charge < -0.3 is 4.74 Å². The van der Waals surface area contributed by atoms with E-state index in [4.69, 9.17) is 8.92 Å². The van der Waals surface area contributed by atoms with Crippen molar-refractivity contribution >= 4 is 10.1 Å². The minimum atomic E-state index is -3.42. The second-order valence-corrected chi connectivity index (χ2v) is 5.11. The molecule has 0 unspecified atom stereocenters. The van der Waals surface area contributed by atoms with Gasteiger partial charge in [0.15, 0.2) is 0 Å². The molecule has 1 aromatic rings. The normalized spacial score (nSPS) is 11.4. The monoisotopic (exact) mass is 244 g/mol. The molecule has 90 valence electrons. The van der Waals surface area contributed by atoms with Crippen LogP contribution in [0.3, 0.4) is 0 Å². The fourth-order valence-corrected chi connectivity index (χ4v) is 1.64. The van der Waals surface area contributed by atoms with Crippen molar-refractivity contribution in [3.05, 3.63) is 29.3 Å². The standard InChI is InChI=1S/C11H16O4S/c1-4-9-5-6-10(11(7-9)14-2)8-15-16(3,12)13/h5-7H,4,8H2,1-3H3. The van der Waals surface area contributed by atoms with Gasteiger partial charge in [0.25, 0.3) is 10.1 Å². The molecule has 0 radical (unpaired) electrons. The number of benzene rings is 1. The Kier molecular flexibility index (Phi) is 4.32. The van der Waals surface area contributed by atoms with E-state index in [0.29, 0.717) is 5.75 Å². The van der Waals surface area contributed by atoms with Crippen molar-refractivity contribution in [3.8, 4) is 5.75 Å². The zero-order valence-electron chi connectivity index (χ0n) is 9.69. The Morgan fingerprint density at radius 1 is 1.31 bits per heavy atom. The summed E-state index contributed by atoms with van der Waals surface area (Å²) < 4.78 is 31.6. The Morgan fingerprint density at radius 3 is 2.50 bits per heavy atom. The highest BCUT2D eigenvalue weighted by molar-refractivity contribution is 7.85. The highest BCUT2D eigenvalue weighted by Gasteiger charge is 2.08. The van der Waals surface area contributed by atoms with Crippen LogP contribution in [0.15, 0.2) is 18.2 Å². The first-order valence-corrected chi connectivity index (χ1v) is 6.78. The van der Waals surface area contributed by atoms with Crippen molar-refractivity contribution < 1.29 is 17.3 Å². The summed E-state index contributed by atoms with van der Waals surface area (Å²) in [5.41, 5.74) is 1.87. The van der Waals surface area contributed by atoms with Gasteiger partial charge in [-0.15, -0.1) is 0 Å². The van der Waals surface area contributed by atoms with Gasteiger partial charge in [0.05, 0.1) is 20.0 Å². The third kappa shape index (κ3) is 3.83. The van der Waals surface area contributed by atoms with Crippen LogP contribution in [0.4, 0.5) is 0 Å². The van der Waals surface area contributed by atoms with Crippen LogP contribution < -0.4 is 4.74 Å². The van der Waals surface area contributed by atoms with Crippen molar-refractivity contribution in [1.82, 2.24) is 0 Å². The topological polar surface area (TPSA) is 52.6 Å². The van der Waals surface area contributed by atoms with Gasteiger partial charge in [0.1, 0.15) is 5.75 Å². The van der Waals surface area contributed by atoms with Crippen molar-refractivity contribution in [2.75, 3.05) is 13.4 Å². The first-order valence-electron chi connectivity index (χ1n) is 4.96. The number of ether oxygens (including phenoxy) is 1. The smallest absolute Gasteiger partial charge is 0.264 e. The van der Waals surface area contributed by atoms with Gasteiger partial charge in [-0.2, -0.15) is 8.42 Å². The van der Waals surface area contributed by atoms with E-state index < -0.39 is 10.1 Å². The van der Waals surface area contributed by atoms with E-state index in [0.717, 1.165) is 23.8 Å². The molecule has 0 atom stereocenters. The van der Waals surface area contributed by atoms with Crippen LogP contribution in [0.5, 0.6) is 5.75 Å². The third-order valence-corrected chi connectivity index (χ3v) is 2.73. The van der Waals surface area contributed by atoms with Gasteiger partial charge >= 0.3 is 0 Å². The fraction of sp³-hybridized carbons (Fsp3) is 0.455. The van der Waals surface area contributed by atoms with Crippen LogP contribution in [0.1, 0.15) is 18.1 Å². The Hall–Kier alpha value is -1.07. The molecule has 4 nitrogen and oxygen atoms in total. The molecule has 0 saturated heterocycles. The minimum absolute atomic E-state index is 0.00595. The Balaban J connectivity index is 2.87. The maximum absolute atomic E-state index is 10.9. The van der Waals surface area contributed by atoms with Crippen LogP contribution in [0, 0.1) is 0 Å². The third-order valence-electron chi connectivity index (χ3n) is 2.19. The summed E-state index contributed by atoms with van der Waals surface area (Å²) in [7, 11) is -1.86. The first kappa shape index (κ1) is 13.0. The summed E-state index contributed by atoms with van der Waals surface area (Å²) in [6, 6.07) is 5.65.